The largest absolute Gasteiger partial charge is 0.468 e. The summed E-state index contributed by atoms with van der Waals surface area (Å²) in [5.74, 6) is 0.936. The highest BCUT2D eigenvalue weighted by Gasteiger charge is 2.16. The van der Waals surface area contributed by atoms with E-state index in [4.69, 9.17) is 9.68 Å². The number of nitrogens with one attached hydrogen (secondary N) is 1. The van der Waals surface area contributed by atoms with E-state index in [0.29, 0.717) is 5.56 Å². The van der Waals surface area contributed by atoms with Crippen LogP contribution in [0.3, 0.4) is 0 Å². The van der Waals surface area contributed by atoms with E-state index in [-0.39, 0.29) is 6.04 Å². The third-order valence-electron chi connectivity index (χ3n) is 3.01. The van der Waals surface area contributed by atoms with Crippen molar-refractivity contribution < 1.29 is 4.42 Å². The molecule has 2 rings (SSSR count). The van der Waals surface area contributed by atoms with E-state index < -0.39 is 0 Å². The molecular weight excluding hydrogens is 238 g/mol. The van der Waals surface area contributed by atoms with Crippen molar-refractivity contribution in [3.8, 4) is 6.07 Å². The average Bonchev–Trinajstić information content (AvgIpc) is 2.93. The Kier molecular flexibility index (Phi) is 4.22. The molecule has 1 aromatic carbocycles. The quantitative estimate of drug-likeness (QED) is 0.892. The minimum absolute atomic E-state index is 0.172. The van der Waals surface area contributed by atoms with Gasteiger partial charge in [-0.25, -0.2) is 0 Å². The number of hydrogen-bond donors (Lipinski definition) is 1. The molecule has 0 aliphatic carbocycles. The van der Waals surface area contributed by atoms with Gasteiger partial charge in [0.05, 0.1) is 23.9 Å². The highest BCUT2D eigenvalue weighted by atomic mass is 16.3. The fourth-order valence-electron chi connectivity index (χ4n) is 1.90. The molecule has 0 bridgehead atoms. The Labute approximate surface area is 113 Å². The van der Waals surface area contributed by atoms with Gasteiger partial charge >= 0.3 is 0 Å². The Morgan fingerprint density at radius 1 is 1.26 bits per heavy atom. The topological polar surface area (TPSA) is 52.2 Å². The standard InChI is InChI=1S/C15H17N3O/c1-18(2)14(15-4-3-9-19-15)11-17-13-7-5-12(10-16)6-8-13/h3-9,14,17H,11H2,1-2H3/t14-/m0/s1. The molecule has 0 spiro atoms. The van der Waals surface area contributed by atoms with Crippen molar-refractivity contribution in [2.45, 2.75) is 6.04 Å². The van der Waals surface area contributed by atoms with Gasteiger partial charge in [0.1, 0.15) is 5.76 Å². The van der Waals surface area contributed by atoms with Gasteiger partial charge in [-0.15, -0.1) is 0 Å². The molecule has 2 aromatic rings. The molecule has 1 N–H and O–H groups in total. The van der Waals surface area contributed by atoms with Crippen LogP contribution < -0.4 is 5.32 Å². The maximum Gasteiger partial charge on any atom is 0.122 e. The summed E-state index contributed by atoms with van der Waals surface area (Å²) in [5.41, 5.74) is 1.66. The normalized spacial score (nSPS) is 12.1. The van der Waals surface area contributed by atoms with Gasteiger partial charge in [0.15, 0.2) is 0 Å². The molecule has 1 atom stereocenters. The fraction of sp³-hybridized carbons (Fsp3) is 0.267. The Morgan fingerprint density at radius 3 is 2.53 bits per heavy atom. The number of anilines is 1. The van der Waals surface area contributed by atoms with E-state index in [0.717, 1.165) is 18.0 Å². The first kappa shape index (κ1) is 13.2. The lowest BCUT2D eigenvalue weighted by Crippen LogP contribution is -2.26. The Morgan fingerprint density at radius 2 is 2.00 bits per heavy atom. The highest BCUT2D eigenvalue weighted by molar-refractivity contribution is 5.47. The third kappa shape index (κ3) is 3.36. The molecule has 0 amide bonds. The van der Waals surface area contributed by atoms with Crippen LogP contribution >= 0.6 is 0 Å². The second kappa shape index (κ2) is 6.07. The van der Waals surface area contributed by atoms with E-state index in [2.05, 4.69) is 16.3 Å². The van der Waals surface area contributed by atoms with Gasteiger partial charge in [0.2, 0.25) is 0 Å². The molecule has 19 heavy (non-hydrogen) atoms. The number of likely N-dealkylation sites (N-methyl/N-ethyl adjacent to an activating group) is 1. The maximum absolute atomic E-state index is 8.75. The van der Waals surface area contributed by atoms with Crippen LogP contribution in [-0.4, -0.2) is 25.5 Å². The fourth-order valence-corrected chi connectivity index (χ4v) is 1.90. The zero-order valence-electron chi connectivity index (χ0n) is 11.1. The van der Waals surface area contributed by atoms with Crippen molar-refractivity contribution >= 4 is 5.69 Å². The molecule has 98 valence electrons. The van der Waals surface area contributed by atoms with E-state index in [9.17, 15) is 0 Å². The lowest BCUT2D eigenvalue weighted by molar-refractivity contribution is 0.269. The lowest BCUT2D eigenvalue weighted by atomic mass is 10.2. The number of furan rings is 1. The molecule has 0 aliphatic rings. The monoisotopic (exact) mass is 255 g/mol. The van der Waals surface area contributed by atoms with Crippen molar-refractivity contribution in [3.05, 3.63) is 54.0 Å². The molecule has 0 saturated heterocycles. The Hall–Kier alpha value is -2.25. The van der Waals surface area contributed by atoms with E-state index >= 15 is 0 Å². The van der Waals surface area contributed by atoms with E-state index in [1.165, 1.54) is 0 Å². The van der Waals surface area contributed by atoms with Crippen LogP contribution in [0.25, 0.3) is 0 Å². The van der Waals surface area contributed by atoms with Crippen molar-refractivity contribution in [1.29, 1.82) is 5.26 Å². The van der Waals surface area contributed by atoms with Crippen molar-refractivity contribution in [2.75, 3.05) is 26.0 Å². The molecule has 0 unspecified atom stereocenters. The lowest BCUT2D eigenvalue weighted by Gasteiger charge is -2.23. The van der Waals surface area contributed by atoms with Gasteiger partial charge in [0.25, 0.3) is 0 Å². The van der Waals surface area contributed by atoms with E-state index in [1.54, 1.807) is 18.4 Å². The first-order valence-corrected chi connectivity index (χ1v) is 6.14. The zero-order chi connectivity index (χ0) is 13.7. The number of hydrogen-bond acceptors (Lipinski definition) is 4. The molecule has 1 heterocycles. The van der Waals surface area contributed by atoms with Gasteiger partial charge in [-0.05, 0) is 50.5 Å². The van der Waals surface area contributed by atoms with E-state index in [1.807, 2.05) is 38.4 Å². The summed E-state index contributed by atoms with van der Waals surface area (Å²) >= 11 is 0. The van der Waals surface area contributed by atoms with Crippen molar-refractivity contribution in [1.82, 2.24) is 4.90 Å². The third-order valence-corrected chi connectivity index (χ3v) is 3.01. The average molecular weight is 255 g/mol. The highest BCUT2D eigenvalue weighted by Crippen LogP contribution is 2.19. The summed E-state index contributed by atoms with van der Waals surface area (Å²) in [5, 5.41) is 12.1. The van der Waals surface area contributed by atoms with Crippen LogP contribution in [0.4, 0.5) is 5.69 Å². The van der Waals surface area contributed by atoms with Crippen LogP contribution in [-0.2, 0) is 0 Å². The summed E-state index contributed by atoms with van der Waals surface area (Å²) in [4.78, 5) is 2.11. The summed E-state index contributed by atoms with van der Waals surface area (Å²) in [6, 6.07) is 13.6. The smallest absolute Gasteiger partial charge is 0.122 e. The van der Waals surface area contributed by atoms with Gasteiger partial charge < -0.3 is 9.73 Å². The predicted octanol–water partition coefficient (Wildman–Crippen LogP) is 2.87. The van der Waals surface area contributed by atoms with Crippen LogP contribution in [0.1, 0.15) is 17.4 Å². The zero-order valence-corrected chi connectivity index (χ0v) is 11.1. The Balaban J connectivity index is 2.01. The molecule has 4 heteroatoms. The molecule has 1 aromatic heterocycles. The van der Waals surface area contributed by atoms with Crippen LogP contribution in [0.15, 0.2) is 47.1 Å². The van der Waals surface area contributed by atoms with Gasteiger partial charge in [-0.3, -0.25) is 4.90 Å². The number of rotatable bonds is 5. The minimum Gasteiger partial charge on any atom is -0.468 e. The summed E-state index contributed by atoms with van der Waals surface area (Å²) in [7, 11) is 4.04. The SMILES string of the molecule is CN(C)[C@@H](CNc1ccc(C#N)cc1)c1ccco1. The molecule has 0 fully saturated rings. The predicted molar refractivity (Wildman–Crippen MR) is 74.8 cm³/mol. The van der Waals surface area contributed by atoms with Gasteiger partial charge in [-0.1, -0.05) is 0 Å². The first-order chi connectivity index (χ1) is 9.20. The number of nitrogens with zero attached hydrogens (tertiary/aromatic N) is 2. The second-order valence-electron chi connectivity index (χ2n) is 4.56. The molecule has 0 radical (unpaired) electrons. The number of benzene rings is 1. The minimum atomic E-state index is 0.172. The summed E-state index contributed by atoms with van der Waals surface area (Å²) < 4.78 is 5.46. The van der Waals surface area contributed by atoms with Gasteiger partial charge in [0, 0.05) is 12.2 Å². The van der Waals surface area contributed by atoms with Crippen LogP contribution in [0, 0.1) is 11.3 Å². The van der Waals surface area contributed by atoms with Crippen molar-refractivity contribution in [2.24, 2.45) is 0 Å². The van der Waals surface area contributed by atoms with Gasteiger partial charge in [-0.2, -0.15) is 5.26 Å². The van der Waals surface area contributed by atoms with Crippen molar-refractivity contribution in [3.63, 3.8) is 0 Å². The molecule has 4 nitrogen and oxygen atoms in total. The maximum atomic E-state index is 8.75. The summed E-state index contributed by atoms with van der Waals surface area (Å²) in [6.45, 7) is 0.742. The molecule has 0 saturated carbocycles. The summed E-state index contributed by atoms with van der Waals surface area (Å²) in [6.07, 6.45) is 1.69. The first-order valence-electron chi connectivity index (χ1n) is 6.14. The van der Waals surface area contributed by atoms with Crippen LogP contribution in [0.2, 0.25) is 0 Å². The Bertz CT molecular complexity index is 538. The second-order valence-corrected chi connectivity index (χ2v) is 4.56. The number of nitriles is 1. The molecular formula is C15H17N3O. The van der Waals surface area contributed by atoms with Crippen LogP contribution in [0.5, 0.6) is 0 Å². The molecule has 0 aliphatic heterocycles.